The molecule has 94 valence electrons. The Bertz CT molecular complexity index is 627. The topological polar surface area (TPSA) is 30.2 Å². The number of hydrogen-bond acceptors (Lipinski definition) is 2. The van der Waals surface area contributed by atoms with Gasteiger partial charge in [0.15, 0.2) is 5.43 Å². The van der Waals surface area contributed by atoms with Gasteiger partial charge in [-0.05, 0) is 24.6 Å². The largest absolute Gasteiger partial charge is 0.469 e. The van der Waals surface area contributed by atoms with Gasteiger partial charge < -0.3 is 4.42 Å². The molecule has 0 unspecified atom stereocenters. The van der Waals surface area contributed by atoms with Gasteiger partial charge >= 0.3 is 6.18 Å². The van der Waals surface area contributed by atoms with Crippen LogP contribution in [0, 0.1) is 6.92 Å². The van der Waals surface area contributed by atoms with Gasteiger partial charge in [0.2, 0.25) is 0 Å². The Labute approximate surface area is 101 Å². The van der Waals surface area contributed by atoms with E-state index >= 15 is 0 Å². The maximum Gasteiger partial charge on any atom is 0.416 e. The van der Waals surface area contributed by atoms with Crippen LogP contribution in [0.2, 0.25) is 0 Å². The summed E-state index contributed by atoms with van der Waals surface area (Å²) in [7, 11) is 0. The summed E-state index contributed by atoms with van der Waals surface area (Å²) in [6.07, 6.45) is -3.21. The third-order valence-corrected chi connectivity index (χ3v) is 2.54. The zero-order valence-electron chi connectivity index (χ0n) is 9.41. The first-order valence-corrected chi connectivity index (χ1v) is 5.15. The van der Waals surface area contributed by atoms with Crippen molar-refractivity contribution >= 4 is 0 Å². The van der Waals surface area contributed by atoms with Gasteiger partial charge in [0, 0.05) is 6.07 Å². The molecule has 1 aromatic heterocycles. The second-order valence-corrected chi connectivity index (χ2v) is 3.79. The molecule has 1 aromatic carbocycles. The molecule has 0 atom stereocenters. The molecule has 2 aromatic rings. The second kappa shape index (κ2) is 4.33. The molecular weight excluding hydrogens is 245 g/mol. The highest BCUT2D eigenvalue weighted by atomic mass is 19.4. The lowest BCUT2D eigenvalue weighted by atomic mass is 10.0. The van der Waals surface area contributed by atoms with Crippen molar-refractivity contribution in [2.24, 2.45) is 0 Å². The first kappa shape index (κ1) is 12.4. The molecule has 0 aliphatic heterocycles. The Morgan fingerprint density at radius 3 is 2.50 bits per heavy atom. The minimum atomic E-state index is -4.43. The molecule has 0 amide bonds. The summed E-state index contributed by atoms with van der Waals surface area (Å²) >= 11 is 0. The van der Waals surface area contributed by atoms with Crippen LogP contribution in [0.5, 0.6) is 0 Å². The van der Waals surface area contributed by atoms with E-state index in [0.29, 0.717) is 5.76 Å². The highest BCUT2D eigenvalue weighted by molar-refractivity contribution is 5.65. The Morgan fingerprint density at radius 1 is 1.17 bits per heavy atom. The molecule has 2 rings (SSSR count). The Morgan fingerprint density at radius 2 is 1.89 bits per heavy atom. The minimum Gasteiger partial charge on any atom is -0.469 e. The molecule has 0 bridgehead atoms. The molecule has 0 radical (unpaired) electrons. The number of hydrogen-bond donors (Lipinski definition) is 0. The SMILES string of the molecule is Cc1occc(=O)c1-c1cccc(C(F)(F)F)c1. The van der Waals surface area contributed by atoms with E-state index < -0.39 is 11.7 Å². The van der Waals surface area contributed by atoms with Gasteiger partial charge in [-0.25, -0.2) is 0 Å². The summed E-state index contributed by atoms with van der Waals surface area (Å²) in [5.74, 6) is 0.293. The monoisotopic (exact) mass is 254 g/mol. The van der Waals surface area contributed by atoms with Crippen LogP contribution < -0.4 is 5.43 Å². The van der Waals surface area contributed by atoms with Crippen LogP contribution >= 0.6 is 0 Å². The van der Waals surface area contributed by atoms with Crippen molar-refractivity contribution < 1.29 is 17.6 Å². The van der Waals surface area contributed by atoms with Gasteiger partial charge in [0.1, 0.15) is 5.76 Å². The summed E-state index contributed by atoms with van der Waals surface area (Å²) in [5, 5.41) is 0. The van der Waals surface area contributed by atoms with Crippen molar-refractivity contribution in [3.63, 3.8) is 0 Å². The fourth-order valence-electron chi connectivity index (χ4n) is 1.71. The molecule has 0 N–H and O–H groups in total. The van der Waals surface area contributed by atoms with Gasteiger partial charge in [0.25, 0.3) is 0 Å². The normalized spacial score (nSPS) is 11.6. The summed E-state index contributed by atoms with van der Waals surface area (Å²) in [5.41, 5.74) is -0.791. The molecule has 0 aliphatic carbocycles. The van der Waals surface area contributed by atoms with Crippen molar-refractivity contribution in [2.75, 3.05) is 0 Å². The maximum absolute atomic E-state index is 12.6. The highest BCUT2D eigenvalue weighted by Gasteiger charge is 2.30. The predicted molar refractivity (Wildman–Crippen MR) is 60.2 cm³/mol. The van der Waals surface area contributed by atoms with E-state index in [1.54, 1.807) is 0 Å². The van der Waals surface area contributed by atoms with Gasteiger partial charge in [0.05, 0.1) is 17.4 Å². The highest BCUT2D eigenvalue weighted by Crippen LogP contribution is 2.32. The van der Waals surface area contributed by atoms with E-state index in [9.17, 15) is 18.0 Å². The zero-order chi connectivity index (χ0) is 13.3. The third-order valence-electron chi connectivity index (χ3n) is 2.54. The van der Waals surface area contributed by atoms with Crippen molar-refractivity contribution in [1.82, 2.24) is 0 Å². The fourth-order valence-corrected chi connectivity index (χ4v) is 1.71. The van der Waals surface area contributed by atoms with Crippen LogP contribution in [-0.2, 0) is 6.18 Å². The average molecular weight is 254 g/mol. The number of alkyl halides is 3. The van der Waals surface area contributed by atoms with Crippen molar-refractivity contribution in [3.8, 4) is 11.1 Å². The summed E-state index contributed by atoms with van der Waals surface area (Å²) in [4.78, 5) is 11.7. The van der Waals surface area contributed by atoms with Crippen LogP contribution in [0.1, 0.15) is 11.3 Å². The molecular formula is C13H9F3O2. The third kappa shape index (κ3) is 2.30. The van der Waals surface area contributed by atoms with Gasteiger partial charge in [-0.3, -0.25) is 4.79 Å². The molecule has 18 heavy (non-hydrogen) atoms. The van der Waals surface area contributed by atoms with E-state index in [-0.39, 0.29) is 16.6 Å². The molecule has 0 fully saturated rings. The lowest BCUT2D eigenvalue weighted by Gasteiger charge is -2.09. The van der Waals surface area contributed by atoms with E-state index in [4.69, 9.17) is 4.42 Å². The van der Waals surface area contributed by atoms with Crippen molar-refractivity contribution in [2.45, 2.75) is 13.1 Å². The van der Waals surface area contributed by atoms with Gasteiger partial charge in [-0.15, -0.1) is 0 Å². The standard InChI is InChI=1S/C13H9F3O2/c1-8-12(11(17)5-6-18-8)9-3-2-4-10(7-9)13(14,15)16/h2-7H,1H3. The average Bonchev–Trinajstić information content (AvgIpc) is 2.28. The van der Waals surface area contributed by atoms with Gasteiger partial charge in [-0.2, -0.15) is 13.2 Å². The van der Waals surface area contributed by atoms with Crippen LogP contribution in [-0.4, -0.2) is 0 Å². The van der Waals surface area contributed by atoms with Crippen LogP contribution in [0.3, 0.4) is 0 Å². The van der Waals surface area contributed by atoms with Gasteiger partial charge in [-0.1, -0.05) is 12.1 Å². The van der Waals surface area contributed by atoms with Crippen LogP contribution in [0.25, 0.3) is 11.1 Å². The number of rotatable bonds is 1. The van der Waals surface area contributed by atoms with Crippen LogP contribution in [0.4, 0.5) is 13.2 Å². The van der Waals surface area contributed by atoms with E-state index in [1.165, 1.54) is 31.4 Å². The second-order valence-electron chi connectivity index (χ2n) is 3.79. The Kier molecular flexibility index (Phi) is 2.98. The van der Waals surface area contributed by atoms with Crippen molar-refractivity contribution in [1.29, 1.82) is 0 Å². The Balaban J connectivity index is 2.63. The molecule has 0 saturated carbocycles. The molecule has 1 heterocycles. The number of benzene rings is 1. The summed E-state index contributed by atoms with van der Waals surface area (Å²) < 4.78 is 42.8. The molecule has 5 heteroatoms. The maximum atomic E-state index is 12.6. The molecule has 2 nitrogen and oxygen atoms in total. The summed E-state index contributed by atoms with van der Waals surface area (Å²) in [6, 6.07) is 5.81. The fraction of sp³-hybridized carbons (Fsp3) is 0.154. The smallest absolute Gasteiger partial charge is 0.416 e. The first-order chi connectivity index (χ1) is 8.39. The lowest BCUT2D eigenvalue weighted by Crippen LogP contribution is -2.07. The minimum absolute atomic E-state index is 0.156. The van der Waals surface area contributed by atoms with E-state index in [0.717, 1.165) is 12.1 Å². The number of aryl methyl sites for hydroxylation is 1. The Hall–Kier alpha value is -2.04. The quantitative estimate of drug-likeness (QED) is 0.777. The van der Waals surface area contributed by atoms with E-state index in [2.05, 4.69) is 0 Å². The van der Waals surface area contributed by atoms with E-state index in [1.807, 2.05) is 0 Å². The first-order valence-electron chi connectivity index (χ1n) is 5.15. The zero-order valence-corrected chi connectivity index (χ0v) is 9.41. The van der Waals surface area contributed by atoms with Crippen molar-refractivity contribution in [3.05, 3.63) is 58.1 Å². The summed E-state index contributed by atoms with van der Waals surface area (Å²) in [6.45, 7) is 1.54. The lowest BCUT2D eigenvalue weighted by molar-refractivity contribution is -0.137. The molecule has 0 saturated heterocycles. The predicted octanol–water partition coefficient (Wildman–Crippen LogP) is 3.63. The number of halogens is 3. The molecule has 0 aliphatic rings. The molecule has 0 spiro atoms. The van der Waals surface area contributed by atoms with Crippen LogP contribution in [0.15, 0.2) is 45.8 Å².